The molecule has 0 spiro atoms. The van der Waals surface area contributed by atoms with Crippen molar-refractivity contribution in [3.05, 3.63) is 64.3 Å². The van der Waals surface area contributed by atoms with Gasteiger partial charge in [-0.2, -0.15) is 5.10 Å². The van der Waals surface area contributed by atoms with Crippen LogP contribution in [0.15, 0.2) is 39.8 Å². The summed E-state index contributed by atoms with van der Waals surface area (Å²) in [5.74, 6) is 1.67. The Kier molecular flexibility index (Phi) is 8.88. The van der Waals surface area contributed by atoms with Crippen LogP contribution in [0.4, 0.5) is 0 Å². The lowest BCUT2D eigenvalue weighted by atomic mass is 10.1. The van der Waals surface area contributed by atoms with E-state index in [2.05, 4.69) is 53.7 Å². The second kappa shape index (κ2) is 11.1. The third-order valence-corrected chi connectivity index (χ3v) is 5.14. The molecule has 0 bridgehead atoms. The van der Waals surface area contributed by atoms with E-state index < -0.39 is 0 Å². The van der Waals surface area contributed by atoms with Gasteiger partial charge in [0.15, 0.2) is 5.96 Å². The summed E-state index contributed by atoms with van der Waals surface area (Å²) in [5, 5.41) is 15.7. The maximum absolute atomic E-state index is 5.45. The summed E-state index contributed by atoms with van der Waals surface area (Å²) < 4.78 is 7.43. The molecule has 0 aliphatic rings. The van der Waals surface area contributed by atoms with E-state index in [-0.39, 0.29) is 24.0 Å². The molecule has 0 radical (unpaired) electrons. The Hall–Kier alpha value is -2.36. The van der Waals surface area contributed by atoms with Crippen molar-refractivity contribution in [2.75, 3.05) is 7.05 Å². The normalized spacial score (nSPS) is 11.3. The number of hydrogen-bond donors (Lipinski definition) is 2. The van der Waals surface area contributed by atoms with E-state index in [1.807, 2.05) is 29.8 Å². The molecule has 3 aromatic rings. The first-order chi connectivity index (χ1) is 14.1. The van der Waals surface area contributed by atoms with Crippen LogP contribution in [-0.2, 0) is 25.9 Å². The highest BCUT2D eigenvalue weighted by atomic mass is 127. The number of aliphatic imine (C=N–C) groups is 1. The Bertz CT molecular complexity index is 956. The zero-order valence-corrected chi connectivity index (χ0v) is 20.7. The van der Waals surface area contributed by atoms with Crippen LogP contribution in [0.25, 0.3) is 5.69 Å². The lowest BCUT2D eigenvalue weighted by molar-refractivity contribution is 0.380. The molecule has 2 aromatic heterocycles. The molecular formula is C22H31IN6O. The summed E-state index contributed by atoms with van der Waals surface area (Å²) >= 11 is 0. The second-order valence-corrected chi connectivity index (χ2v) is 6.91. The SMILES string of the molecule is CCc1noc(CC)c1CNC(=NC)NCc1c(C)nn(-c2ccccc2)c1C.I. The van der Waals surface area contributed by atoms with Gasteiger partial charge in [-0.3, -0.25) is 4.99 Å². The Morgan fingerprint density at radius 1 is 1.03 bits per heavy atom. The van der Waals surface area contributed by atoms with E-state index in [4.69, 9.17) is 9.62 Å². The average Bonchev–Trinajstić information content (AvgIpc) is 3.28. The molecule has 0 atom stereocenters. The van der Waals surface area contributed by atoms with Crippen LogP contribution in [0.1, 0.15) is 47.8 Å². The van der Waals surface area contributed by atoms with E-state index in [0.717, 1.165) is 52.9 Å². The molecule has 7 nitrogen and oxygen atoms in total. The van der Waals surface area contributed by atoms with Crippen molar-refractivity contribution in [1.29, 1.82) is 0 Å². The zero-order valence-electron chi connectivity index (χ0n) is 18.3. The topological polar surface area (TPSA) is 80.3 Å². The number of aryl methyl sites for hydroxylation is 3. The smallest absolute Gasteiger partial charge is 0.191 e. The van der Waals surface area contributed by atoms with E-state index in [1.165, 1.54) is 5.56 Å². The maximum Gasteiger partial charge on any atom is 0.191 e. The van der Waals surface area contributed by atoms with E-state index >= 15 is 0 Å². The molecule has 2 heterocycles. The van der Waals surface area contributed by atoms with Gasteiger partial charge < -0.3 is 15.2 Å². The van der Waals surface area contributed by atoms with Crippen molar-refractivity contribution in [2.24, 2.45) is 4.99 Å². The molecule has 0 unspecified atom stereocenters. The van der Waals surface area contributed by atoms with Crippen LogP contribution in [0.2, 0.25) is 0 Å². The van der Waals surface area contributed by atoms with E-state index in [1.54, 1.807) is 7.05 Å². The molecule has 0 fully saturated rings. The Morgan fingerprint density at radius 2 is 1.70 bits per heavy atom. The van der Waals surface area contributed by atoms with Crippen molar-refractivity contribution in [1.82, 2.24) is 25.6 Å². The van der Waals surface area contributed by atoms with Gasteiger partial charge in [-0.1, -0.05) is 37.2 Å². The average molecular weight is 522 g/mol. The molecule has 0 saturated heterocycles. The minimum Gasteiger partial charge on any atom is -0.361 e. The first-order valence-corrected chi connectivity index (χ1v) is 10.1. The number of nitrogens with zero attached hydrogens (tertiary/aromatic N) is 4. The first-order valence-electron chi connectivity index (χ1n) is 10.1. The lowest BCUT2D eigenvalue weighted by Gasteiger charge is -2.13. The van der Waals surface area contributed by atoms with Gasteiger partial charge in [0.05, 0.1) is 17.1 Å². The highest BCUT2D eigenvalue weighted by molar-refractivity contribution is 14.0. The van der Waals surface area contributed by atoms with Gasteiger partial charge in [-0.15, -0.1) is 24.0 Å². The number of halogens is 1. The lowest BCUT2D eigenvalue weighted by Crippen LogP contribution is -2.36. The fraction of sp³-hybridized carbons (Fsp3) is 0.409. The summed E-state index contributed by atoms with van der Waals surface area (Å²) in [6.45, 7) is 9.58. The number of rotatable bonds is 7. The van der Waals surface area contributed by atoms with Gasteiger partial charge >= 0.3 is 0 Å². The van der Waals surface area contributed by atoms with Crippen molar-refractivity contribution >= 4 is 29.9 Å². The van der Waals surface area contributed by atoms with Crippen LogP contribution >= 0.6 is 24.0 Å². The minimum absolute atomic E-state index is 0. The number of nitrogens with one attached hydrogen (secondary N) is 2. The quantitative estimate of drug-likeness (QED) is 0.278. The van der Waals surface area contributed by atoms with Gasteiger partial charge in [0.1, 0.15) is 5.76 Å². The third kappa shape index (κ3) is 5.21. The molecule has 30 heavy (non-hydrogen) atoms. The van der Waals surface area contributed by atoms with Crippen molar-refractivity contribution in [3.63, 3.8) is 0 Å². The van der Waals surface area contributed by atoms with Gasteiger partial charge in [0.25, 0.3) is 0 Å². The number of guanidine groups is 1. The summed E-state index contributed by atoms with van der Waals surface area (Å²) in [7, 11) is 1.78. The monoisotopic (exact) mass is 522 g/mol. The number of aromatic nitrogens is 3. The van der Waals surface area contributed by atoms with Gasteiger partial charge in [-0.25, -0.2) is 4.68 Å². The molecule has 8 heteroatoms. The van der Waals surface area contributed by atoms with Crippen LogP contribution in [0, 0.1) is 13.8 Å². The predicted octanol–water partition coefficient (Wildman–Crippen LogP) is 4.09. The molecule has 0 amide bonds. The number of benzene rings is 1. The standard InChI is InChI=1S/C22H30N6O.HI/c1-6-20-19(21(7-2)29-27-20)14-25-22(23-5)24-13-18-15(3)26-28(16(18)4)17-11-9-8-10-12-17;/h8-12H,6-7,13-14H2,1-5H3,(H2,23,24,25);1H. The number of para-hydroxylation sites is 1. The molecule has 0 aliphatic heterocycles. The number of hydrogen-bond acceptors (Lipinski definition) is 4. The predicted molar refractivity (Wildman–Crippen MR) is 131 cm³/mol. The van der Waals surface area contributed by atoms with E-state index in [0.29, 0.717) is 13.1 Å². The Labute approximate surface area is 195 Å². The minimum atomic E-state index is 0. The fourth-order valence-corrected chi connectivity index (χ4v) is 3.45. The van der Waals surface area contributed by atoms with Crippen molar-refractivity contribution < 1.29 is 4.52 Å². The Morgan fingerprint density at radius 3 is 2.30 bits per heavy atom. The van der Waals surface area contributed by atoms with Gasteiger partial charge in [0.2, 0.25) is 0 Å². The van der Waals surface area contributed by atoms with Crippen LogP contribution in [-0.4, -0.2) is 27.9 Å². The highest BCUT2D eigenvalue weighted by Crippen LogP contribution is 2.18. The molecule has 3 rings (SSSR count). The third-order valence-electron chi connectivity index (χ3n) is 5.14. The van der Waals surface area contributed by atoms with Crippen LogP contribution in [0.3, 0.4) is 0 Å². The fourth-order valence-electron chi connectivity index (χ4n) is 3.45. The van der Waals surface area contributed by atoms with Crippen molar-refractivity contribution in [3.8, 4) is 5.69 Å². The second-order valence-electron chi connectivity index (χ2n) is 6.91. The molecule has 1 aromatic carbocycles. The Balaban J connectivity index is 0.00000320. The first kappa shape index (κ1) is 23.9. The van der Waals surface area contributed by atoms with Crippen LogP contribution in [0.5, 0.6) is 0 Å². The van der Waals surface area contributed by atoms with Gasteiger partial charge in [0, 0.05) is 43.4 Å². The molecular weight excluding hydrogens is 491 g/mol. The maximum atomic E-state index is 5.45. The van der Waals surface area contributed by atoms with Gasteiger partial charge in [-0.05, 0) is 32.4 Å². The molecule has 0 aliphatic carbocycles. The van der Waals surface area contributed by atoms with E-state index in [9.17, 15) is 0 Å². The molecule has 2 N–H and O–H groups in total. The van der Waals surface area contributed by atoms with Crippen LogP contribution < -0.4 is 10.6 Å². The zero-order chi connectivity index (χ0) is 20.8. The summed E-state index contributed by atoms with van der Waals surface area (Å²) in [6, 6.07) is 10.2. The highest BCUT2D eigenvalue weighted by Gasteiger charge is 2.15. The van der Waals surface area contributed by atoms with Crippen molar-refractivity contribution in [2.45, 2.75) is 53.6 Å². The largest absolute Gasteiger partial charge is 0.361 e. The summed E-state index contributed by atoms with van der Waals surface area (Å²) in [6.07, 6.45) is 1.68. The summed E-state index contributed by atoms with van der Waals surface area (Å²) in [5.41, 5.74) is 6.49. The molecule has 0 saturated carbocycles. The molecule has 162 valence electrons. The summed E-state index contributed by atoms with van der Waals surface area (Å²) in [4.78, 5) is 4.35.